The molecular weight excluding hydrogens is 264 g/mol. The lowest BCUT2D eigenvalue weighted by atomic mass is 9.97. The first kappa shape index (κ1) is 15.3. The van der Waals surface area contributed by atoms with Crippen LogP contribution < -0.4 is 15.8 Å². The number of carbonyl (C=O) groups excluding carboxylic acids is 1. The normalized spacial score (nSPS) is 13.8. The van der Waals surface area contributed by atoms with Crippen LogP contribution in [0.3, 0.4) is 0 Å². The van der Waals surface area contributed by atoms with Crippen molar-refractivity contribution in [3.8, 4) is 5.75 Å². The lowest BCUT2D eigenvalue weighted by Crippen LogP contribution is -2.53. The quantitative estimate of drug-likeness (QED) is 0.822. The monoisotopic (exact) mass is 286 g/mol. The largest absolute Gasteiger partial charge is 0.493 e. The molecule has 2 aromatic carbocycles. The van der Waals surface area contributed by atoms with Crippen LogP contribution in [0.2, 0.25) is 0 Å². The fraction of sp³-hybridized carbons (Fsp3) is 0.353. The number of hydrogen-bond donors (Lipinski definition) is 2. The first-order chi connectivity index (χ1) is 10.1. The Kier molecular flexibility index (Phi) is 4.81. The SMILES string of the molecule is CCNC(C)(CCOc1cccc2ccccc12)C(N)=O. The number of hydrogen-bond acceptors (Lipinski definition) is 3. The van der Waals surface area contributed by atoms with Crippen LogP contribution in [0.15, 0.2) is 42.5 Å². The van der Waals surface area contributed by atoms with E-state index in [2.05, 4.69) is 5.32 Å². The zero-order valence-electron chi connectivity index (χ0n) is 12.6. The van der Waals surface area contributed by atoms with Crippen molar-refractivity contribution in [3.05, 3.63) is 42.5 Å². The van der Waals surface area contributed by atoms with Gasteiger partial charge in [0.1, 0.15) is 5.75 Å². The summed E-state index contributed by atoms with van der Waals surface area (Å²) in [5.74, 6) is 0.474. The van der Waals surface area contributed by atoms with E-state index in [1.165, 1.54) is 0 Å². The summed E-state index contributed by atoms with van der Waals surface area (Å²) in [6.45, 7) is 4.88. The summed E-state index contributed by atoms with van der Waals surface area (Å²) in [5, 5.41) is 5.34. The number of fused-ring (bicyclic) bond motifs is 1. The Labute approximate surface area is 125 Å². The van der Waals surface area contributed by atoms with Crippen molar-refractivity contribution in [1.82, 2.24) is 5.32 Å². The van der Waals surface area contributed by atoms with E-state index in [9.17, 15) is 4.79 Å². The number of ether oxygens (including phenoxy) is 1. The van der Waals surface area contributed by atoms with Gasteiger partial charge in [-0.1, -0.05) is 43.3 Å². The summed E-state index contributed by atoms with van der Waals surface area (Å²) in [4.78, 5) is 11.6. The molecule has 0 spiro atoms. The molecule has 0 heterocycles. The Morgan fingerprint density at radius 2 is 1.95 bits per heavy atom. The minimum Gasteiger partial charge on any atom is -0.493 e. The predicted octanol–water partition coefficient (Wildman–Crippen LogP) is 2.46. The van der Waals surface area contributed by atoms with Gasteiger partial charge in [-0.05, 0) is 24.9 Å². The predicted molar refractivity (Wildman–Crippen MR) is 85.3 cm³/mol. The zero-order valence-corrected chi connectivity index (χ0v) is 12.6. The molecule has 0 fully saturated rings. The molecule has 0 saturated carbocycles. The van der Waals surface area contributed by atoms with E-state index in [0.717, 1.165) is 16.5 Å². The number of benzene rings is 2. The smallest absolute Gasteiger partial charge is 0.237 e. The molecule has 1 atom stereocenters. The van der Waals surface area contributed by atoms with E-state index < -0.39 is 5.54 Å². The van der Waals surface area contributed by atoms with Crippen molar-refractivity contribution < 1.29 is 9.53 Å². The van der Waals surface area contributed by atoms with Crippen molar-refractivity contribution in [2.24, 2.45) is 5.73 Å². The van der Waals surface area contributed by atoms with Crippen molar-refractivity contribution in [2.75, 3.05) is 13.2 Å². The van der Waals surface area contributed by atoms with Gasteiger partial charge in [0.05, 0.1) is 12.1 Å². The average Bonchev–Trinajstić information content (AvgIpc) is 2.47. The molecule has 0 aliphatic heterocycles. The van der Waals surface area contributed by atoms with Gasteiger partial charge in [-0.2, -0.15) is 0 Å². The minimum atomic E-state index is -0.737. The van der Waals surface area contributed by atoms with Gasteiger partial charge in [-0.3, -0.25) is 4.79 Å². The third kappa shape index (κ3) is 3.52. The maximum absolute atomic E-state index is 11.6. The van der Waals surface area contributed by atoms with E-state index in [4.69, 9.17) is 10.5 Å². The molecule has 1 unspecified atom stereocenters. The molecule has 21 heavy (non-hydrogen) atoms. The molecule has 0 saturated heterocycles. The fourth-order valence-corrected chi connectivity index (χ4v) is 2.38. The molecule has 2 aromatic rings. The Bertz CT molecular complexity index is 622. The lowest BCUT2D eigenvalue weighted by Gasteiger charge is -2.27. The van der Waals surface area contributed by atoms with Gasteiger partial charge in [-0.15, -0.1) is 0 Å². The first-order valence-corrected chi connectivity index (χ1v) is 7.22. The lowest BCUT2D eigenvalue weighted by molar-refractivity contribution is -0.124. The van der Waals surface area contributed by atoms with Crippen LogP contribution >= 0.6 is 0 Å². The van der Waals surface area contributed by atoms with Crippen molar-refractivity contribution in [1.29, 1.82) is 0 Å². The van der Waals surface area contributed by atoms with E-state index in [0.29, 0.717) is 19.6 Å². The maximum atomic E-state index is 11.6. The Morgan fingerprint density at radius 3 is 2.67 bits per heavy atom. The highest BCUT2D eigenvalue weighted by atomic mass is 16.5. The summed E-state index contributed by atoms with van der Waals surface area (Å²) >= 11 is 0. The van der Waals surface area contributed by atoms with Crippen molar-refractivity contribution in [2.45, 2.75) is 25.8 Å². The van der Waals surface area contributed by atoms with Crippen molar-refractivity contribution in [3.63, 3.8) is 0 Å². The summed E-state index contributed by atoms with van der Waals surface area (Å²) in [7, 11) is 0. The van der Waals surface area contributed by atoms with E-state index in [1.54, 1.807) is 0 Å². The third-order valence-corrected chi connectivity index (χ3v) is 3.72. The van der Waals surface area contributed by atoms with E-state index >= 15 is 0 Å². The molecule has 1 amide bonds. The van der Waals surface area contributed by atoms with Crippen LogP contribution in [-0.2, 0) is 4.79 Å². The molecule has 112 valence electrons. The average molecular weight is 286 g/mol. The summed E-state index contributed by atoms with van der Waals surface area (Å²) in [5.41, 5.74) is 4.73. The Hall–Kier alpha value is -2.07. The molecule has 0 radical (unpaired) electrons. The summed E-state index contributed by atoms with van der Waals surface area (Å²) in [6.07, 6.45) is 0.527. The van der Waals surface area contributed by atoms with Crippen LogP contribution in [0.4, 0.5) is 0 Å². The molecule has 0 aromatic heterocycles. The van der Waals surface area contributed by atoms with Crippen LogP contribution in [0.25, 0.3) is 10.8 Å². The first-order valence-electron chi connectivity index (χ1n) is 7.22. The standard InChI is InChI=1S/C17H22N2O2/c1-3-19-17(2,16(18)20)11-12-21-15-10-6-8-13-7-4-5-9-14(13)15/h4-10,19H,3,11-12H2,1-2H3,(H2,18,20). The zero-order chi connectivity index (χ0) is 15.3. The van der Waals surface area contributed by atoms with Gasteiger partial charge >= 0.3 is 0 Å². The number of carbonyl (C=O) groups is 1. The van der Waals surface area contributed by atoms with Gasteiger partial charge in [0.25, 0.3) is 0 Å². The molecule has 0 aliphatic rings. The van der Waals surface area contributed by atoms with Gasteiger partial charge < -0.3 is 15.8 Å². The second kappa shape index (κ2) is 6.59. The molecule has 0 aliphatic carbocycles. The molecular formula is C17H22N2O2. The maximum Gasteiger partial charge on any atom is 0.237 e. The molecule has 0 bridgehead atoms. The van der Waals surface area contributed by atoms with Gasteiger partial charge in [0, 0.05) is 11.8 Å². The summed E-state index contributed by atoms with van der Waals surface area (Å²) < 4.78 is 5.86. The second-order valence-electron chi connectivity index (χ2n) is 5.30. The number of nitrogens with two attached hydrogens (primary N) is 1. The molecule has 3 N–H and O–H groups in total. The van der Waals surface area contributed by atoms with Crippen LogP contribution in [0, 0.1) is 0 Å². The van der Waals surface area contributed by atoms with Crippen LogP contribution in [0.5, 0.6) is 5.75 Å². The van der Waals surface area contributed by atoms with Gasteiger partial charge in [0.15, 0.2) is 0 Å². The third-order valence-electron chi connectivity index (χ3n) is 3.72. The topological polar surface area (TPSA) is 64.3 Å². The second-order valence-corrected chi connectivity index (χ2v) is 5.30. The highest BCUT2D eigenvalue weighted by Gasteiger charge is 2.29. The number of amides is 1. The molecule has 4 heteroatoms. The fourth-order valence-electron chi connectivity index (χ4n) is 2.38. The molecule has 2 rings (SSSR count). The van der Waals surface area contributed by atoms with Crippen molar-refractivity contribution >= 4 is 16.7 Å². The summed E-state index contributed by atoms with van der Waals surface area (Å²) in [6, 6.07) is 14.0. The van der Waals surface area contributed by atoms with Gasteiger partial charge in [0.2, 0.25) is 5.91 Å². The number of likely N-dealkylation sites (N-methyl/N-ethyl adjacent to an activating group) is 1. The van der Waals surface area contributed by atoms with Crippen LogP contribution in [0.1, 0.15) is 20.3 Å². The number of rotatable bonds is 7. The number of primary amides is 1. The van der Waals surface area contributed by atoms with E-state index in [1.807, 2.05) is 56.3 Å². The molecule has 4 nitrogen and oxygen atoms in total. The van der Waals surface area contributed by atoms with Gasteiger partial charge in [-0.25, -0.2) is 0 Å². The Morgan fingerprint density at radius 1 is 1.24 bits per heavy atom. The Balaban J connectivity index is 2.07. The minimum absolute atomic E-state index is 0.356. The van der Waals surface area contributed by atoms with E-state index in [-0.39, 0.29) is 5.91 Å². The highest BCUT2D eigenvalue weighted by molar-refractivity contribution is 5.88. The number of nitrogens with one attached hydrogen (secondary N) is 1. The highest BCUT2D eigenvalue weighted by Crippen LogP contribution is 2.25. The van der Waals surface area contributed by atoms with Crippen LogP contribution in [-0.4, -0.2) is 24.6 Å².